The summed E-state index contributed by atoms with van der Waals surface area (Å²) in [5, 5.41) is 13.6. The van der Waals surface area contributed by atoms with Crippen LogP contribution in [-0.2, 0) is 17.5 Å². The van der Waals surface area contributed by atoms with Crippen LogP contribution in [0.4, 0.5) is 13.2 Å². The van der Waals surface area contributed by atoms with Gasteiger partial charge in [0, 0.05) is 6.54 Å². The van der Waals surface area contributed by atoms with E-state index < -0.39 is 23.6 Å². The van der Waals surface area contributed by atoms with Crippen LogP contribution in [0.3, 0.4) is 0 Å². The zero-order valence-electron chi connectivity index (χ0n) is 10.6. The van der Waals surface area contributed by atoms with Crippen LogP contribution >= 0.6 is 0 Å². The summed E-state index contributed by atoms with van der Waals surface area (Å²) < 4.78 is 37.0. The largest absolute Gasteiger partial charge is 0.416 e. The summed E-state index contributed by atoms with van der Waals surface area (Å²) in [6.07, 6.45) is -4.39. The van der Waals surface area contributed by atoms with Crippen LogP contribution < -0.4 is 11.1 Å². The van der Waals surface area contributed by atoms with E-state index in [-0.39, 0.29) is 12.4 Å². The maximum atomic E-state index is 12.3. The molecule has 1 rings (SSSR count). The first-order chi connectivity index (χ1) is 9.25. The van der Waals surface area contributed by atoms with Gasteiger partial charge in [-0.25, -0.2) is 0 Å². The molecule has 1 aromatic carbocycles. The zero-order valence-corrected chi connectivity index (χ0v) is 10.6. The highest BCUT2D eigenvalue weighted by Gasteiger charge is 2.29. The number of rotatable bonds is 4. The van der Waals surface area contributed by atoms with Gasteiger partial charge in [0.25, 0.3) is 0 Å². The van der Waals surface area contributed by atoms with Gasteiger partial charge in [-0.1, -0.05) is 17.3 Å². The maximum Gasteiger partial charge on any atom is 0.416 e. The van der Waals surface area contributed by atoms with E-state index in [1.807, 2.05) is 0 Å². The highest BCUT2D eigenvalue weighted by Crippen LogP contribution is 2.28. The summed E-state index contributed by atoms with van der Waals surface area (Å²) in [6.45, 7) is 1.50. The lowest BCUT2D eigenvalue weighted by atomic mass is 10.1. The summed E-state index contributed by atoms with van der Waals surface area (Å²) in [5.74, 6) is -1.55. The Kier molecular flexibility index (Phi) is 4.95. The van der Waals surface area contributed by atoms with E-state index in [1.54, 1.807) is 0 Å². The third kappa shape index (κ3) is 4.15. The summed E-state index contributed by atoms with van der Waals surface area (Å²) in [5.41, 5.74) is 5.03. The molecule has 0 aliphatic rings. The summed E-state index contributed by atoms with van der Waals surface area (Å²) in [4.78, 5) is 11.6. The van der Waals surface area contributed by atoms with Crippen LogP contribution in [-0.4, -0.2) is 17.0 Å². The monoisotopic (exact) mass is 289 g/mol. The molecule has 0 saturated heterocycles. The number of amides is 1. The molecule has 0 spiro atoms. The number of amidine groups is 1. The molecule has 4 N–H and O–H groups in total. The van der Waals surface area contributed by atoms with Gasteiger partial charge in [0.1, 0.15) is 0 Å². The summed E-state index contributed by atoms with van der Waals surface area (Å²) in [6, 6.07) is 4.43. The molecule has 0 aromatic heterocycles. The van der Waals surface area contributed by atoms with E-state index in [0.29, 0.717) is 5.56 Å². The highest BCUT2D eigenvalue weighted by atomic mass is 19.4. The van der Waals surface area contributed by atoms with Gasteiger partial charge in [-0.2, -0.15) is 13.2 Å². The number of nitrogens with zero attached hydrogens (tertiary/aromatic N) is 1. The van der Waals surface area contributed by atoms with Crippen molar-refractivity contribution in [2.75, 3.05) is 0 Å². The van der Waals surface area contributed by atoms with Gasteiger partial charge in [-0.15, -0.1) is 0 Å². The second-order valence-corrected chi connectivity index (χ2v) is 4.16. The number of hydrogen-bond acceptors (Lipinski definition) is 3. The summed E-state index contributed by atoms with van der Waals surface area (Å²) in [7, 11) is 0. The fourth-order valence-corrected chi connectivity index (χ4v) is 1.37. The SMILES string of the molecule is CC(C(=O)NCc1ccc(C(F)(F)F)cc1)C(N)=NO. The first kappa shape index (κ1) is 15.8. The Bertz CT molecular complexity index is 498. The minimum atomic E-state index is -4.39. The number of nitrogens with one attached hydrogen (secondary N) is 1. The Hall–Kier alpha value is -2.25. The topological polar surface area (TPSA) is 87.7 Å². The van der Waals surface area contributed by atoms with Crippen molar-refractivity contribution in [1.29, 1.82) is 0 Å². The van der Waals surface area contributed by atoms with Crippen molar-refractivity contribution >= 4 is 11.7 Å². The smallest absolute Gasteiger partial charge is 0.409 e. The number of carbonyl (C=O) groups is 1. The second kappa shape index (κ2) is 6.27. The van der Waals surface area contributed by atoms with Gasteiger partial charge in [-0.05, 0) is 24.6 Å². The third-order valence-electron chi connectivity index (χ3n) is 2.70. The Labute approximate surface area is 113 Å². The number of nitrogens with two attached hydrogens (primary N) is 1. The molecule has 8 heteroatoms. The number of carbonyl (C=O) groups excluding carboxylic acids is 1. The predicted molar refractivity (Wildman–Crippen MR) is 65.9 cm³/mol. The second-order valence-electron chi connectivity index (χ2n) is 4.16. The van der Waals surface area contributed by atoms with Gasteiger partial charge < -0.3 is 16.3 Å². The van der Waals surface area contributed by atoms with Crippen LogP contribution in [0, 0.1) is 5.92 Å². The van der Waals surface area contributed by atoms with Crippen LogP contribution in [0.1, 0.15) is 18.1 Å². The van der Waals surface area contributed by atoms with E-state index in [0.717, 1.165) is 12.1 Å². The Morgan fingerprint density at radius 1 is 1.40 bits per heavy atom. The molecule has 0 fully saturated rings. The molecular weight excluding hydrogens is 275 g/mol. The number of halogens is 3. The molecule has 20 heavy (non-hydrogen) atoms. The van der Waals surface area contributed by atoms with E-state index in [4.69, 9.17) is 10.9 Å². The number of hydrogen-bond donors (Lipinski definition) is 3. The normalized spacial score (nSPS) is 13.9. The van der Waals surface area contributed by atoms with Gasteiger partial charge in [0.2, 0.25) is 5.91 Å². The average Bonchev–Trinajstić information content (AvgIpc) is 2.42. The van der Waals surface area contributed by atoms with E-state index >= 15 is 0 Å². The molecule has 0 radical (unpaired) electrons. The minimum absolute atomic E-state index is 0.0556. The van der Waals surface area contributed by atoms with Crippen molar-refractivity contribution in [1.82, 2.24) is 5.32 Å². The van der Waals surface area contributed by atoms with Gasteiger partial charge >= 0.3 is 6.18 Å². The average molecular weight is 289 g/mol. The Morgan fingerprint density at radius 2 is 1.95 bits per heavy atom. The fraction of sp³-hybridized carbons (Fsp3) is 0.333. The van der Waals surface area contributed by atoms with Crippen molar-refractivity contribution in [3.05, 3.63) is 35.4 Å². The molecule has 1 amide bonds. The molecule has 0 aliphatic carbocycles. The molecule has 1 atom stereocenters. The number of benzene rings is 1. The fourth-order valence-electron chi connectivity index (χ4n) is 1.37. The van der Waals surface area contributed by atoms with Gasteiger partial charge in [0.05, 0.1) is 11.5 Å². The van der Waals surface area contributed by atoms with Gasteiger partial charge in [-0.3, -0.25) is 4.79 Å². The van der Waals surface area contributed by atoms with Crippen LogP contribution in [0.15, 0.2) is 29.4 Å². The lowest BCUT2D eigenvalue weighted by molar-refractivity contribution is -0.137. The third-order valence-corrected chi connectivity index (χ3v) is 2.70. The lowest BCUT2D eigenvalue weighted by Crippen LogP contribution is -2.36. The maximum absolute atomic E-state index is 12.3. The molecule has 5 nitrogen and oxygen atoms in total. The molecule has 0 bridgehead atoms. The molecule has 110 valence electrons. The highest BCUT2D eigenvalue weighted by molar-refractivity contribution is 6.01. The first-order valence-electron chi connectivity index (χ1n) is 5.67. The van der Waals surface area contributed by atoms with E-state index in [1.165, 1.54) is 19.1 Å². The van der Waals surface area contributed by atoms with Crippen molar-refractivity contribution in [3.63, 3.8) is 0 Å². The molecule has 0 heterocycles. The lowest BCUT2D eigenvalue weighted by Gasteiger charge is -2.11. The number of oxime groups is 1. The molecule has 0 saturated carbocycles. The van der Waals surface area contributed by atoms with Gasteiger partial charge in [0.15, 0.2) is 5.84 Å². The Morgan fingerprint density at radius 3 is 2.40 bits per heavy atom. The standard InChI is InChI=1S/C12H14F3N3O2/c1-7(10(16)18-20)11(19)17-6-8-2-4-9(5-3-8)12(13,14)15/h2-5,7,20H,6H2,1H3,(H2,16,18)(H,17,19). The van der Waals surface area contributed by atoms with Crippen LogP contribution in [0.2, 0.25) is 0 Å². The van der Waals surface area contributed by atoms with E-state index in [9.17, 15) is 18.0 Å². The molecule has 0 aliphatic heterocycles. The van der Waals surface area contributed by atoms with Crippen molar-refractivity contribution < 1.29 is 23.2 Å². The quantitative estimate of drug-likeness (QED) is 0.341. The minimum Gasteiger partial charge on any atom is -0.409 e. The zero-order chi connectivity index (χ0) is 15.3. The van der Waals surface area contributed by atoms with Crippen molar-refractivity contribution in [2.45, 2.75) is 19.6 Å². The van der Waals surface area contributed by atoms with Crippen molar-refractivity contribution in [2.24, 2.45) is 16.8 Å². The number of alkyl halides is 3. The van der Waals surface area contributed by atoms with Crippen molar-refractivity contribution in [3.8, 4) is 0 Å². The summed E-state index contributed by atoms with van der Waals surface area (Å²) >= 11 is 0. The molecule has 1 unspecified atom stereocenters. The van der Waals surface area contributed by atoms with Crippen LogP contribution in [0.5, 0.6) is 0 Å². The van der Waals surface area contributed by atoms with E-state index in [2.05, 4.69) is 10.5 Å². The predicted octanol–water partition coefficient (Wildman–Crippen LogP) is 1.70. The van der Waals surface area contributed by atoms with Crippen LogP contribution in [0.25, 0.3) is 0 Å². The molecular formula is C12H14F3N3O2. The Balaban J connectivity index is 2.61. The first-order valence-corrected chi connectivity index (χ1v) is 5.67. The molecule has 1 aromatic rings.